The van der Waals surface area contributed by atoms with Crippen LogP contribution in [0.5, 0.6) is 5.75 Å². The third kappa shape index (κ3) is 9.07. The predicted molar refractivity (Wildman–Crippen MR) is 161 cm³/mol. The number of anilines is 2. The van der Waals surface area contributed by atoms with Crippen LogP contribution in [0.3, 0.4) is 0 Å². The normalized spacial score (nSPS) is 13.4. The number of nitriles is 1. The number of nitrogen functional groups attached to an aromatic ring is 2. The summed E-state index contributed by atoms with van der Waals surface area (Å²) >= 11 is 0. The van der Waals surface area contributed by atoms with Gasteiger partial charge in [0.1, 0.15) is 18.1 Å². The number of aliphatic imine (C=N–C) groups is 3. The summed E-state index contributed by atoms with van der Waals surface area (Å²) in [7, 11) is 0. The maximum atomic E-state index is 8.86. The standard InChI is InChI=1S/C18H23N5O.C12H18N2/c1-4-10-23(11-5-2)18-21-14(3)20-13-17(22-18)24-16-8-6-15(12-19)7-9-16;1-4-8(2)9(3)11-7-10(13)5-6-12(11)14/h6-9H,4-5,10-11,13H2,1-3H3;5-7H,4,13-14H2,1-3H3/b;9-8-. The molecule has 1 aliphatic rings. The molecule has 0 fully saturated rings. The second kappa shape index (κ2) is 15.2. The molecule has 0 spiro atoms. The molecule has 0 saturated heterocycles. The summed E-state index contributed by atoms with van der Waals surface area (Å²) in [6, 6.07) is 14.7. The van der Waals surface area contributed by atoms with E-state index in [1.54, 1.807) is 24.3 Å². The second-order valence-electron chi connectivity index (χ2n) is 9.11. The van der Waals surface area contributed by atoms with Gasteiger partial charge in [0, 0.05) is 30.0 Å². The first kappa shape index (κ1) is 30.1. The highest BCUT2D eigenvalue weighted by Crippen LogP contribution is 2.27. The van der Waals surface area contributed by atoms with Gasteiger partial charge in [-0.25, -0.2) is 0 Å². The van der Waals surface area contributed by atoms with Crippen molar-refractivity contribution in [1.82, 2.24) is 4.90 Å². The Morgan fingerprint density at radius 1 is 1.00 bits per heavy atom. The van der Waals surface area contributed by atoms with Crippen LogP contribution in [0.4, 0.5) is 11.4 Å². The number of rotatable bonds is 7. The molecule has 3 rings (SSSR count). The Hall–Kier alpha value is -4.12. The van der Waals surface area contributed by atoms with E-state index in [2.05, 4.69) is 60.6 Å². The topological polar surface area (TPSA) is 125 Å². The van der Waals surface area contributed by atoms with E-state index in [1.807, 2.05) is 25.1 Å². The lowest BCUT2D eigenvalue weighted by Gasteiger charge is -2.22. The summed E-state index contributed by atoms with van der Waals surface area (Å²) in [5, 5.41) is 8.86. The number of nitrogens with zero attached hydrogens (tertiary/aromatic N) is 5. The van der Waals surface area contributed by atoms with E-state index < -0.39 is 0 Å². The van der Waals surface area contributed by atoms with Crippen molar-refractivity contribution in [3.63, 3.8) is 0 Å². The maximum Gasteiger partial charge on any atom is 0.230 e. The van der Waals surface area contributed by atoms with Crippen molar-refractivity contribution in [2.24, 2.45) is 15.0 Å². The van der Waals surface area contributed by atoms with Gasteiger partial charge in [-0.15, -0.1) is 0 Å². The summed E-state index contributed by atoms with van der Waals surface area (Å²) in [6.07, 6.45) is 3.09. The molecule has 0 bridgehead atoms. The molecular weight excluding hydrogens is 474 g/mol. The summed E-state index contributed by atoms with van der Waals surface area (Å²) in [6.45, 7) is 14.6. The molecule has 0 saturated carbocycles. The first-order valence-corrected chi connectivity index (χ1v) is 13.1. The van der Waals surface area contributed by atoms with Gasteiger partial charge in [0.25, 0.3) is 0 Å². The van der Waals surface area contributed by atoms with Crippen LogP contribution in [-0.4, -0.2) is 42.2 Å². The van der Waals surface area contributed by atoms with Crippen LogP contribution in [0, 0.1) is 11.3 Å². The van der Waals surface area contributed by atoms with Crippen LogP contribution in [0.2, 0.25) is 0 Å². The smallest absolute Gasteiger partial charge is 0.230 e. The van der Waals surface area contributed by atoms with Gasteiger partial charge in [-0.2, -0.15) is 15.2 Å². The first-order chi connectivity index (χ1) is 18.2. The van der Waals surface area contributed by atoms with Crippen LogP contribution < -0.4 is 16.2 Å². The number of benzene rings is 2. The summed E-state index contributed by atoms with van der Waals surface area (Å²) in [5.74, 6) is 2.50. The maximum absolute atomic E-state index is 8.86. The quantitative estimate of drug-likeness (QED) is 0.419. The van der Waals surface area contributed by atoms with Crippen molar-refractivity contribution >= 4 is 34.6 Å². The van der Waals surface area contributed by atoms with E-state index in [9.17, 15) is 0 Å². The Morgan fingerprint density at radius 2 is 1.66 bits per heavy atom. The molecule has 2 aromatic carbocycles. The van der Waals surface area contributed by atoms with Crippen LogP contribution in [-0.2, 0) is 0 Å². The summed E-state index contributed by atoms with van der Waals surface area (Å²) < 4.78 is 5.85. The van der Waals surface area contributed by atoms with Crippen molar-refractivity contribution in [2.45, 2.75) is 60.8 Å². The molecule has 0 aromatic heterocycles. The van der Waals surface area contributed by atoms with Gasteiger partial charge < -0.3 is 21.1 Å². The fraction of sp³-hybridized carbons (Fsp3) is 0.400. The molecule has 38 heavy (non-hydrogen) atoms. The fourth-order valence-corrected chi connectivity index (χ4v) is 3.71. The lowest BCUT2D eigenvalue weighted by molar-refractivity contribution is 0.412. The number of ether oxygens (including phenoxy) is 1. The third-order valence-electron chi connectivity index (χ3n) is 6.07. The van der Waals surface area contributed by atoms with Gasteiger partial charge in [0.2, 0.25) is 11.9 Å². The molecule has 0 atom stereocenters. The minimum Gasteiger partial charge on any atom is -0.441 e. The lowest BCUT2D eigenvalue weighted by atomic mass is 9.99. The number of nitrogens with two attached hydrogens (primary N) is 2. The van der Waals surface area contributed by atoms with Crippen molar-refractivity contribution in [3.05, 3.63) is 59.2 Å². The van der Waals surface area contributed by atoms with Gasteiger partial charge >= 0.3 is 0 Å². The van der Waals surface area contributed by atoms with E-state index in [0.717, 1.165) is 49.3 Å². The fourth-order valence-electron chi connectivity index (χ4n) is 3.71. The van der Waals surface area contributed by atoms with E-state index in [-0.39, 0.29) is 0 Å². The Bertz CT molecular complexity index is 1230. The minimum absolute atomic E-state index is 0.352. The second-order valence-corrected chi connectivity index (χ2v) is 9.11. The van der Waals surface area contributed by atoms with Crippen molar-refractivity contribution in [2.75, 3.05) is 31.1 Å². The molecule has 4 N–H and O–H groups in total. The van der Waals surface area contributed by atoms with Crippen LogP contribution in [0.15, 0.2) is 63.0 Å². The van der Waals surface area contributed by atoms with Gasteiger partial charge in [0.15, 0.2) is 0 Å². The highest BCUT2D eigenvalue weighted by molar-refractivity contribution is 6.03. The monoisotopic (exact) mass is 515 g/mol. The SMILES string of the molecule is CC/C(C)=C(/C)c1cc(N)ccc1N.CCCN(CCC)C1=NC(C)=NCC(Oc2ccc(C#N)cc2)=N1. The number of hydrogen-bond donors (Lipinski definition) is 2. The van der Waals surface area contributed by atoms with E-state index in [1.165, 1.54) is 11.1 Å². The average Bonchev–Trinajstić information content (AvgIpc) is 3.10. The average molecular weight is 516 g/mol. The highest BCUT2D eigenvalue weighted by Gasteiger charge is 2.15. The van der Waals surface area contributed by atoms with Crippen LogP contribution in [0.1, 0.15) is 71.9 Å². The molecule has 1 aliphatic heterocycles. The van der Waals surface area contributed by atoms with Crippen molar-refractivity contribution in [3.8, 4) is 11.8 Å². The van der Waals surface area contributed by atoms with E-state index in [4.69, 9.17) is 21.5 Å². The third-order valence-corrected chi connectivity index (χ3v) is 6.07. The molecule has 0 unspecified atom stereocenters. The summed E-state index contributed by atoms with van der Waals surface area (Å²) in [5.41, 5.74) is 17.4. The van der Waals surface area contributed by atoms with Crippen molar-refractivity contribution < 1.29 is 4.74 Å². The Labute approximate surface area is 227 Å². The largest absolute Gasteiger partial charge is 0.441 e. The number of guanidine groups is 1. The van der Waals surface area contributed by atoms with Crippen LogP contribution in [0.25, 0.3) is 5.57 Å². The number of allylic oxidation sites excluding steroid dienone is 2. The minimum atomic E-state index is 0.352. The van der Waals surface area contributed by atoms with Crippen LogP contribution >= 0.6 is 0 Å². The highest BCUT2D eigenvalue weighted by atomic mass is 16.5. The van der Waals surface area contributed by atoms with Gasteiger partial charge in [-0.1, -0.05) is 26.3 Å². The molecule has 1 heterocycles. The molecular formula is C30H41N7O. The zero-order chi connectivity index (χ0) is 28.1. The number of hydrogen-bond acceptors (Lipinski definition) is 8. The van der Waals surface area contributed by atoms with E-state index in [0.29, 0.717) is 35.6 Å². The van der Waals surface area contributed by atoms with E-state index >= 15 is 0 Å². The Balaban J connectivity index is 0.000000308. The van der Waals surface area contributed by atoms with Crippen molar-refractivity contribution in [1.29, 1.82) is 5.26 Å². The van der Waals surface area contributed by atoms with Gasteiger partial charge in [-0.05, 0) is 88.1 Å². The zero-order valence-corrected chi connectivity index (χ0v) is 23.6. The van der Waals surface area contributed by atoms with Gasteiger partial charge in [0.05, 0.1) is 11.6 Å². The molecule has 0 amide bonds. The molecule has 8 nitrogen and oxygen atoms in total. The predicted octanol–water partition coefficient (Wildman–Crippen LogP) is 6.30. The Morgan fingerprint density at radius 3 is 2.24 bits per heavy atom. The molecule has 202 valence electrons. The molecule has 8 heteroatoms. The Kier molecular flexibility index (Phi) is 12.0. The lowest BCUT2D eigenvalue weighted by Crippen LogP contribution is -2.32. The molecule has 2 aromatic rings. The zero-order valence-electron chi connectivity index (χ0n) is 23.6. The van der Waals surface area contributed by atoms with Gasteiger partial charge in [-0.3, -0.25) is 4.99 Å². The molecule has 0 aliphatic carbocycles. The first-order valence-electron chi connectivity index (χ1n) is 13.1. The number of amidine groups is 1. The molecule has 0 radical (unpaired) electrons. The summed E-state index contributed by atoms with van der Waals surface area (Å²) in [4.78, 5) is 15.6.